The maximum Gasteiger partial charge on any atom is 0.249 e. The Morgan fingerprint density at radius 3 is 1.74 bits per heavy atom. The topological polar surface area (TPSA) is 110 Å². The van der Waals surface area contributed by atoms with Gasteiger partial charge in [-0.05, 0) is 38.5 Å². The predicted molar refractivity (Wildman–Crippen MR) is 141 cm³/mol. The van der Waals surface area contributed by atoms with E-state index in [1.54, 1.807) is 0 Å². The molecular formula is C28H55NO5. The smallest absolute Gasteiger partial charge is 0.249 e. The summed E-state index contributed by atoms with van der Waals surface area (Å²) in [7, 11) is 0. The normalized spacial score (nSPS) is 15.4. The van der Waals surface area contributed by atoms with Crippen molar-refractivity contribution in [3.8, 4) is 0 Å². The zero-order valence-electron chi connectivity index (χ0n) is 22.1. The molecule has 0 aromatic carbocycles. The first-order valence-corrected chi connectivity index (χ1v) is 14.1. The molecule has 0 aliphatic rings. The molecule has 0 fully saturated rings. The van der Waals surface area contributed by atoms with Gasteiger partial charge in [0.1, 0.15) is 12.2 Å². The third-order valence-corrected chi connectivity index (χ3v) is 6.48. The molecule has 0 bridgehead atoms. The molecule has 202 valence electrons. The van der Waals surface area contributed by atoms with Crippen molar-refractivity contribution >= 4 is 5.91 Å². The van der Waals surface area contributed by atoms with Crippen LogP contribution in [0.4, 0.5) is 0 Å². The Labute approximate surface area is 209 Å². The Kier molecular flexibility index (Phi) is 23.1. The number of carbonyl (C=O) groups excluding carboxylic acids is 1. The van der Waals surface area contributed by atoms with E-state index in [2.05, 4.69) is 24.4 Å². The molecule has 1 amide bonds. The monoisotopic (exact) mass is 485 g/mol. The van der Waals surface area contributed by atoms with E-state index >= 15 is 0 Å². The standard InChI is InChI=1S/C28H55NO5/c1-3-5-7-8-9-10-11-12-13-14-15-16-17-18-19-20-22-26(32)28(34)29-24(23-30)27(33)25(31)21-6-4-2/h12-13,24-27,30-33H,3-11,14-23H2,1-2H3,(H,29,34)/b13-12-. The molecule has 0 heterocycles. The lowest BCUT2D eigenvalue weighted by molar-refractivity contribution is -0.132. The SMILES string of the molecule is CCCCCCCC/C=C\CCCCCCCCC(O)C(=O)NC(CO)C(O)C(O)CCCC. The molecule has 6 nitrogen and oxygen atoms in total. The van der Waals surface area contributed by atoms with Crippen molar-refractivity contribution in [2.24, 2.45) is 0 Å². The summed E-state index contributed by atoms with van der Waals surface area (Å²) in [5.74, 6) is -0.603. The summed E-state index contributed by atoms with van der Waals surface area (Å²) in [4.78, 5) is 12.2. The average Bonchev–Trinajstić information content (AvgIpc) is 2.84. The summed E-state index contributed by atoms with van der Waals surface area (Å²) in [6.07, 6.45) is 20.5. The van der Waals surface area contributed by atoms with Gasteiger partial charge >= 0.3 is 0 Å². The van der Waals surface area contributed by atoms with Crippen LogP contribution in [0.25, 0.3) is 0 Å². The second kappa shape index (κ2) is 23.8. The molecule has 0 saturated carbocycles. The quantitative estimate of drug-likeness (QED) is 0.0957. The van der Waals surface area contributed by atoms with Crippen molar-refractivity contribution in [1.82, 2.24) is 5.32 Å². The van der Waals surface area contributed by atoms with Crippen molar-refractivity contribution in [2.45, 2.75) is 154 Å². The first-order chi connectivity index (χ1) is 16.5. The number of aliphatic hydroxyl groups is 4. The van der Waals surface area contributed by atoms with Crippen molar-refractivity contribution in [3.63, 3.8) is 0 Å². The summed E-state index contributed by atoms with van der Waals surface area (Å²) < 4.78 is 0. The van der Waals surface area contributed by atoms with Crippen molar-refractivity contribution in [2.75, 3.05) is 6.61 Å². The Bertz CT molecular complexity index is 485. The molecular weight excluding hydrogens is 430 g/mol. The lowest BCUT2D eigenvalue weighted by Crippen LogP contribution is -2.53. The second-order valence-corrected chi connectivity index (χ2v) is 9.74. The van der Waals surface area contributed by atoms with Gasteiger partial charge in [-0.3, -0.25) is 4.79 Å². The highest BCUT2D eigenvalue weighted by atomic mass is 16.3. The van der Waals surface area contributed by atoms with E-state index < -0.39 is 36.9 Å². The zero-order valence-corrected chi connectivity index (χ0v) is 22.1. The summed E-state index contributed by atoms with van der Waals surface area (Å²) >= 11 is 0. The van der Waals surface area contributed by atoms with Gasteiger partial charge in [0.15, 0.2) is 0 Å². The number of hydrogen-bond donors (Lipinski definition) is 5. The van der Waals surface area contributed by atoms with Crippen LogP contribution in [0.2, 0.25) is 0 Å². The first-order valence-electron chi connectivity index (χ1n) is 14.1. The van der Waals surface area contributed by atoms with E-state index in [9.17, 15) is 25.2 Å². The maximum atomic E-state index is 12.2. The lowest BCUT2D eigenvalue weighted by atomic mass is 10.0. The van der Waals surface area contributed by atoms with Crippen LogP contribution in [0.1, 0.15) is 129 Å². The number of allylic oxidation sites excluding steroid dienone is 2. The largest absolute Gasteiger partial charge is 0.394 e. The number of carbonyl (C=O) groups is 1. The van der Waals surface area contributed by atoms with Crippen LogP contribution in [-0.4, -0.2) is 57.3 Å². The molecule has 0 saturated heterocycles. The van der Waals surface area contributed by atoms with E-state index in [-0.39, 0.29) is 0 Å². The lowest BCUT2D eigenvalue weighted by Gasteiger charge is -2.27. The van der Waals surface area contributed by atoms with Gasteiger partial charge in [-0.2, -0.15) is 0 Å². The Hall–Kier alpha value is -0.950. The van der Waals surface area contributed by atoms with E-state index in [4.69, 9.17) is 0 Å². The Balaban J connectivity index is 3.74. The van der Waals surface area contributed by atoms with Crippen LogP contribution in [0, 0.1) is 0 Å². The molecule has 5 N–H and O–H groups in total. The van der Waals surface area contributed by atoms with Gasteiger partial charge in [0.2, 0.25) is 5.91 Å². The first kappa shape index (κ1) is 33.0. The third kappa shape index (κ3) is 18.4. The predicted octanol–water partition coefficient (Wildman–Crippen LogP) is 5.16. The molecule has 0 radical (unpaired) electrons. The van der Waals surface area contributed by atoms with E-state index in [1.165, 1.54) is 64.2 Å². The van der Waals surface area contributed by atoms with Gasteiger partial charge in [-0.1, -0.05) is 103 Å². The highest BCUT2D eigenvalue weighted by molar-refractivity contribution is 5.80. The van der Waals surface area contributed by atoms with Crippen LogP contribution >= 0.6 is 0 Å². The second-order valence-electron chi connectivity index (χ2n) is 9.74. The van der Waals surface area contributed by atoms with Crippen LogP contribution in [0.15, 0.2) is 12.2 Å². The molecule has 0 aliphatic carbocycles. The minimum absolute atomic E-state index is 0.361. The number of hydrogen-bond acceptors (Lipinski definition) is 5. The van der Waals surface area contributed by atoms with Gasteiger partial charge in [0.05, 0.1) is 18.8 Å². The van der Waals surface area contributed by atoms with Crippen molar-refractivity contribution in [3.05, 3.63) is 12.2 Å². The molecule has 4 unspecified atom stereocenters. The van der Waals surface area contributed by atoms with Crippen LogP contribution in [0.3, 0.4) is 0 Å². The number of nitrogens with one attached hydrogen (secondary N) is 1. The fraction of sp³-hybridized carbons (Fsp3) is 0.893. The summed E-state index contributed by atoms with van der Waals surface area (Å²) in [6, 6.07) is -0.978. The van der Waals surface area contributed by atoms with Crippen LogP contribution in [0.5, 0.6) is 0 Å². The van der Waals surface area contributed by atoms with Gasteiger partial charge < -0.3 is 25.7 Å². The van der Waals surface area contributed by atoms with Gasteiger partial charge in [-0.15, -0.1) is 0 Å². The van der Waals surface area contributed by atoms with E-state index in [1.807, 2.05) is 6.92 Å². The van der Waals surface area contributed by atoms with Gasteiger partial charge in [0, 0.05) is 0 Å². The van der Waals surface area contributed by atoms with Crippen LogP contribution in [-0.2, 0) is 4.79 Å². The molecule has 0 aromatic heterocycles. The highest BCUT2D eigenvalue weighted by Gasteiger charge is 2.28. The van der Waals surface area contributed by atoms with E-state index in [0.717, 1.165) is 38.5 Å². The molecule has 0 aromatic rings. The summed E-state index contributed by atoms with van der Waals surface area (Å²) in [5.41, 5.74) is 0. The minimum atomic E-state index is -1.25. The molecule has 34 heavy (non-hydrogen) atoms. The Morgan fingerprint density at radius 2 is 1.21 bits per heavy atom. The number of unbranched alkanes of at least 4 members (excludes halogenated alkanes) is 13. The van der Waals surface area contributed by atoms with Crippen molar-refractivity contribution < 1.29 is 25.2 Å². The van der Waals surface area contributed by atoms with Crippen molar-refractivity contribution in [1.29, 1.82) is 0 Å². The fourth-order valence-electron chi connectivity index (χ4n) is 4.09. The molecule has 6 heteroatoms. The summed E-state index contributed by atoms with van der Waals surface area (Å²) in [5, 5.41) is 42.2. The van der Waals surface area contributed by atoms with Crippen LogP contribution < -0.4 is 5.32 Å². The maximum absolute atomic E-state index is 12.2. The molecule has 0 spiro atoms. The number of amides is 1. The fourth-order valence-corrected chi connectivity index (χ4v) is 4.09. The summed E-state index contributed by atoms with van der Waals surface area (Å²) in [6.45, 7) is 3.75. The molecule has 0 rings (SSSR count). The third-order valence-electron chi connectivity index (χ3n) is 6.48. The van der Waals surface area contributed by atoms with E-state index in [0.29, 0.717) is 12.8 Å². The average molecular weight is 486 g/mol. The minimum Gasteiger partial charge on any atom is -0.394 e. The zero-order chi connectivity index (χ0) is 25.4. The Morgan fingerprint density at radius 1 is 0.706 bits per heavy atom. The van der Waals surface area contributed by atoms with Gasteiger partial charge in [-0.25, -0.2) is 0 Å². The molecule has 4 atom stereocenters. The highest BCUT2D eigenvalue weighted by Crippen LogP contribution is 2.12. The number of aliphatic hydroxyl groups excluding tert-OH is 4. The molecule has 0 aliphatic heterocycles. The number of rotatable bonds is 24. The van der Waals surface area contributed by atoms with Gasteiger partial charge in [0.25, 0.3) is 0 Å².